The van der Waals surface area contributed by atoms with E-state index >= 15 is 0 Å². The zero-order chi connectivity index (χ0) is 17.6. The molecule has 4 heteroatoms. The van der Waals surface area contributed by atoms with Crippen LogP contribution in [0.4, 0.5) is 0 Å². The third-order valence-corrected chi connectivity index (χ3v) is 5.86. The molecule has 0 amide bonds. The third-order valence-electron chi connectivity index (χ3n) is 5.86. The van der Waals surface area contributed by atoms with Gasteiger partial charge in [-0.25, -0.2) is 0 Å². The number of benzene rings is 2. The van der Waals surface area contributed by atoms with E-state index in [0.717, 1.165) is 30.0 Å². The maximum atomic E-state index is 6.61. The van der Waals surface area contributed by atoms with E-state index in [-0.39, 0.29) is 11.8 Å². The molecule has 134 valence electrons. The van der Waals surface area contributed by atoms with Gasteiger partial charge in [0, 0.05) is 18.4 Å². The molecule has 0 saturated heterocycles. The Morgan fingerprint density at radius 1 is 1.04 bits per heavy atom. The fourth-order valence-electron chi connectivity index (χ4n) is 4.50. The highest BCUT2D eigenvalue weighted by Crippen LogP contribution is 2.49. The molecule has 4 nitrogen and oxygen atoms in total. The zero-order valence-corrected chi connectivity index (χ0v) is 15.1. The predicted molar refractivity (Wildman–Crippen MR) is 102 cm³/mol. The van der Waals surface area contributed by atoms with Crippen LogP contribution in [0.2, 0.25) is 0 Å². The normalized spacial score (nSPS) is 23.4. The number of methoxy groups -OCH3 is 1. The molecule has 2 heterocycles. The van der Waals surface area contributed by atoms with Crippen LogP contribution in [-0.2, 0) is 0 Å². The smallest absolute Gasteiger partial charge is 0.180 e. The highest BCUT2D eigenvalue weighted by molar-refractivity contribution is 5.68. The van der Waals surface area contributed by atoms with E-state index in [9.17, 15) is 0 Å². The Kier molecular flexibility index (Phi) is 3.68. The molecule has 0 aromatic heterocycles. The van der Waals surface area contributed by atoms with Gasteiger partial charge in [0.05, 0.1) is 18.8 Å². The maximum Gasteiger partial charge on any atom is 0.180 e. The van der Waals surface area contributed by atoms with Gasteiger partial charge in [-0.3, -0.25) is 0 Å². The summed E-state index contributed by atoms with van der Waals surface area (Å²) in [5, 5.41) is 2.36. The number of para-hydroxylation sites is 1. The van der Waals surface area contributed by atoms with Crippen LogP contribution in [0.1, 0.15) is 49.3 Å². The van der Waals surface area contributed by atoms with Crippen LogP contribution in [0, 0.1) is 0 Å². The number of ether oxygens (including phenoxy) is 2. The molecule has 3 aliphatic rings. The van der Waals surface area contributed by atoms with Crippen molar-refractivity contribution in [1.82, 2.24) is 10.4 Å². The number of nitrogens with zero attached hydrogens (tertiary/aromatic N) is 1. The molecule has 1 unspecified atom stereocenters. The first kappa shape index (κ1) is 15.8. The zero-order valence-electron chi connectivity index (χ0n) is 15.1. The number of rotatable bonds is 2. The maximum absolute atomic E-state index is 6.61. The summed E-state index contributed by atoms with van der Waals surface area (Å²) in [6.45, 7) is 0. The van der Waals surface area contributed by atoms with E-state index in [1.165, 1.54) is 30.4 Å². The van der Waals surface area contributed by atoms with Crippen LogP contribution < -0.4 is 14.9 Å². The minimum absolute atomic E-state index is 0.204. The van der Waals surface area contributed by atoms with E-state index in [2.05, 4.69) is 52.9 Å². The Labute approximate surface area is 154 Å². The fraction of sp³-hybridized carbons (Fsp3) is 0.364. The molecular formula is C22H24N2O2. The summed E-state index contributed by atoms with van der Waals surface area (Å²) < 4.78 is 11.9. The van der Waals surface area contributed by atoms with Crippen molar-refractivity contribution in [3.8, 4) is 11.5 Å². The van der Waals surface area contributed by atoms with Crippen molar-refractivity contribution in [1.29, 1.82) is 0 Å². The molecule has 1 saturated carbocycles. The van der Waals surface area contributed by atoms with Gasteiger partial charge in [-0.1, -0.05) is 24.6 Å². The highest BCUT2D eigenvalue weighted by atomic mass is 16.5. The van der Waals surface area contributed by atoms with E-state index < -0.39 is 0 Å². The second kappa shape index (κ2) is 6.06. The van der Waals surface area contributed by atoms with Gasteiger partial charge in [-0.2, -0.15) is 5.01 Å². The van der Waals surface area contributed by atoms with Gasteiger partial charge in [0.25, 0.3) is 0 Å². The van der Waals surface area contributed by atoms with Crippen molar-refractivity contribution in [3.05, 3.63) is 65.7 Å². The summed E-state index contributed by atoms with van der Waals surface area (Å²) in [6.07, 6.45) is 8.18. The molecule has 26 heavy (non-hydrogen) atoms. The molecule has 0 radical (unpaired) electrons. The fourth-order valence-corrected chi connectivity index (χ4v) is 4.50. The molecule has 2 aromatic rings. The number of fused-ring (bicyclic) bond motifs is 4. The standard InChI is InChI=1S/C22H24N2O2/c1-25-17-11-9-16(10-12-17)19-15-20-18-7-3-4-8-21(18)26-22(24(20)23-19)13-5-2-6-14-22/h3-4,7-12,15,20,23H,2,5-6,13-14H2,1H3. The Morgan fingerprint density at radius 3 is 2.58 bits per heavy atom. The second-order valence-electron chi connectivity index (χ2n) is 7.38. The monoisotopic (exact) mass is 348 g/mol. The van der Waals surface area contributed by atoms with E-state index in [4.69, 9.17) is 9.47 Å². The SMILES string of the molecule is COc1ccc(C2=CC3c4ccccc4OC4(CCCCC4)N3N2)cc1. The van der Waals surface area contributed by atoms with Crippen LogP contribution in [0.5, 0.6) is 11.5 Å². The van der Waals surface area contributed by atoms with Gasteiger partial charge >= 0.3 is 0 Å². The summed E-state index contributed by atoms with van der Waals surface area (Å²) in [7, 11) is 1.70. The summed E-state index contributed by atoms with van der Waals surface area (Å²) in [5.74, 6) is 1.91. The Morgan fingerprint density at radius 2 is 1.81 bits per heavy atom. The first-order chi connectivity index (χ1) is 12.8. The largest absolute Gasteiger partial charge is 0.497 e. The summed E-state index contributed by atoms with van der Waals surface area (Å²) in [4.78, 5) is 0. The van der Waals surface area contributed by atoms with E-state index in [0.29, 0.717) is 0 Å². The third kappa shape index (κ3) is 2.40. The minimum Gasteiger partial charge on any atom is -0.497 e. The van der Waals surface area contributed by atoms with Crippen LogP contribution in [0.15, 0.2) is 54.6 Å². The van der Waals surface area contributed by atoms with Gasteiger partial charge < -0.3 is 14.9 Å². The number of hydrazine groups is 1. The lowest BCUT2D eigenvalue weighted by atomic mass is 9.87. The van der Waals surface area contributed by atoms with Crippen LogP contribution in [0.3, 0.4) is 0 Å². The first-order valence-corrected chi connectivity index (χ1v) is 9.49. The highest BCUT2D eigenvalue weighted by Gasteiger charge is 2.50. The number of nitrogens with one attached hydrogen (secondary N) is 1. The van der Waals surface area contributed by atoms with E-state index in [1.807, 2.05) is 12.1 Å². The molecule has 2 aromatic carbocycles. The lowest BCUT2D eigenvalue weighted by molar-refractivity contribution is -0.150. The van der Waals surface area contributed by atoms with Crippen LogP contribution >= 0.6 is 0 Å². The molecule has 2 aliphatic heterocycles. The molecule has 5 rings (SSSR count). The number of hydrogen-bond acceptors (Lipinski definition) is 4. The van der Waals surface area contributed by atoms with Gasteiger partial charge in [0.1, 0.15) is 11.5 Å². The van der Waals surface area contributed by atoms with E-state index in [1.54, 1.807) is 7.11 Å². The predicted octanol–water partition coefficient (Wildman–Crippen LogP) is 4.65. The van der Waals surface area contributed by atoms with Crippen molar-refractivity contribution >= 4 is 5.70 Å². The molecular weight excluding hydrogens is 324 g/mol. The van der Waals surface area contributed by atoms with Crippen LogP contribution in [0.25, 0.3) is 5.70 Å². The topological polar surface area (TPSA) is 33.7 Å². The van der Waals surface area contributed by atoms with Gasteiger partial charge in [0.15, 0.2) is 5.72 Å². The van der Waals surface area contributed by atoms with Crippen LogP contribution in [-0.4, -0.2) is 17.8 Å². The molecule has 1 spiro atoms. The lowest BCUT2D eigenvalue weighted by Crippen LogP contribution is -2.60. The number of hydrogen-bond donors (Lipinski definition) is 1. The van der Waals surface area contributed by atoms with Crippen molar-refractivity contribution < 1.29 is 9.47 Å². The Balaban J connectivity index is 1.55. The summed E-state index contributed by atoms with van der Waals surface area (Å²) in [5.41, 5.74) is 6.98. The summed E-state index contributed by atoms with van der Waals surface area (Å²) >= 11 is 0. The molecule has 1 aliphatic carbocycles. The van der Waals surface area contributed by atoms with Crippen molar-refractivity contribution in [2.75, 3.05) is 7.11 Å². The Hall–Kier alpha value is -2.46. The molecule has 1 fully saturated rings. The quantitative estimate of drug-likeness (QED) is 0.856. The molecule has 0 bridgehead atoms. The minimum atomic E-state index is -0.248. The average Bonchev–Trinajstić information content (AvgIpc) is 3.16. The molecule has 1 atom stereocenters. The first-order valence-electron chi connectivity index (χ1n) is 9.49. The Bertz CT molecular complexity index is 837. The average molecular weight is 348 g/mol. The van der Waals surface area contributed by atoms with Crippen molar-refractivity contribution in [2.24, 2.45) is 0 Å². The van der Waals surface area contributed by atoms with Gasteiger partial charge in [0.2, 0.25) is 0 Å². The van der Waals surface area contributed by atoms with Gasteiger partial charge in [-0.15, -0.1) is 0 Å². The summed E-state index contributed by atoms with van der Waals surface area (Å²) in [6, 6.07) is 16.9. The van der Waals surface area contributed by atoms with Crippen molar-refractivity contribution in [2.45, 2.75) is 43.9 Å². The second-order valence-corrected chi connectivity index (χ2v) is 7.38. The van der Waals surface area contributed by atoms with Crippen molar-refractivity contribution in [3.63, 3.8) is 0 Å². The lowest BCUT2D eigenvalue weighted by Gasteiger charge is -2.50. The van der Waals surface area contributed by atoms with Gasteiger partial charge in [-0.05, 0) is 54.8 Å². The molecule has 1 N–H and O–H groups in total.